The van der Waals surface area contributed by atoms with E-state index < -0.39 is 25.8 Å². The van der Waals surface area contributed by atoms with Crippen molar-refractivity contribution in [2.24, 2.45) is 4.99 Å². The molecule has 0 fully saturated rings. The average molecular weight is 574 g/mol. The quantitative estimate of drug-likeness (QED) is 0.302. The number of nitrogens with zero attached hydrogens (tertiary/aromatic N) is 2. The van der Waals surface area contributed by atoms with E-state index in [0.29, 0.717) is 34.8 Å². The minimum Gasteiger partial charge on any atom is -0.380 e. The van der Waals surface area contributed by atoms with Gasteiger partial charge in [-0.05, 0) is 56.3 Å². The van der Waals surface area contributed by atoms with Crippen LogP contribution in [0.1, 0.15) is 22.8 Å². The zero-order valence-electron chi connectivity index (χ0n) is 21.0. The summed E-state index contributed by atoms with van der Waals surface area (Å²) in [7, 11) is -7.36. The molecule has 0 spiro atoms. The molecular formula is C26H27N3O6S3. The molecule has 38 heavy (non-hydrogen) atoms. The zero-order valence-corrected chi connectivity index (χ0v) is 23.5. The Hall–Kier alpha value is -3.32. The van der Waals surface area contributed by atoms with E-state index in [0.717, 1.165) is 11.8 Å². The number of aryl methyl sites for hydroxylation is 1. The maximum atomic E-state index is 13.4. The first-order valence-electron chi connectivity index (χ1n) is 11.7. The minimum atomic E-state index is -3.94. The van der Waals surface area contributed by atoms with Gasteiger partial charge < -0.3 is 9.30 Å². The number of rotatable bonds is 9. The number of aromatic nitrogens is 1. The highest BCUT2D eigenvalue weighted by Gasteiger charge is 2.19. The van der Waals surface area contributed by atoms with Crippen LogP contribution in [0.15, 0.2) is 81.5 Å². The number of sulfone groups is 1. The molecule has 0 atom stereocenters. The number of benzene rings is 3. The summed E-state index contributed by atoms with van der Waals surface area (Å²) in [5, 5.41) is 0. The molecule has 1 amide bonds. The fraction of sp³-hybridized carbons (Fsp3) is 0.231. The molecule has 0 saturated heterocycles. The number of ether oxygens (including phenoxy) is 1. The van der Waals surface area contributed by atoms with E-state index in [2.05, 4.69) is 9.71 Å². The van der Waals surface area contributed by atoms with Crippen molar-refractivity contribution in [3.8, 4) is 0 Å². The largest absolute Gasteiger partial charge is 0.380 e. The van der Waals surface area contributed by atoms with Crippen LogP contribution in [0.3, 0.4) is 0 Å². The molecule has 9 nitrogen and oxygen atoms in total. The van der Waals surface area contributed by atoms with E-state index in [1.165, 1.54) is 41.7 Å². The Kier molecular flexibility index (Phi) is 8.16. The van der Waals surface area contributed by atoms with E-state index in [4.69, 9.17) is 4.74 Å². The molecule has 1 aromatic heterocycles. The van der Waals surface area contributed by atoms with Crippen molar-refractivity contribution >= 4 is 53.0 Å². The summed E-state index contributed by atoms with van der Waals surface area (Å²) in [6.45, 7) is 5.00. The lowest BCUT2D eigenvalue weighted by Crippen LogP contribution is -2.20. The minimum absolute atomic E-state index is 0.0715. The second-order valence-corrected chi connectivity index (χ2v) is 13.2. The van der Waals surface area contributed by atoms with Crippen LogP contribution < -0.4 is 9.52 Å². The number of anilines is 1. The highest BCUT2D eigenvalue weighted by Crippen LogP contribution is 2.24. The first kappa shape index (κ1) is 27.7. The van der Waals surface area contributed by atoms with Crippen LogP contribution in [0.2, 0.25) is 0 Å². The first-order chi connectivity index (χ1) is 18.0. The molecule has 0 bridgehead atoms. The van der Waals surface area contributed by atoms with Gasteiger partial charge in [0.2, 0.25) is 0 Å². The second-order valence-electron chi connectivity index (χ2n) is 8.52. The third-order valence-electron chi connectivity index (χ3n) is 5.68. The average Bonchev–Trinajstić information content (AvgIpc) is 3.20. The molecule has 0 radical (unpaired) electrons. The Morgan fingerprint density at radius 3 is 2.37 bits per heavy atom. The van der Waals surface area contributed by atoms with E-state index in [1.807, 2.05) is 13.8 Å². The van der Waals surface area contributed by atoms with Gasteiger partial charge in [0.15, 0.2) is 14.6 Å². The number of fused-ring (bicyclic) bond motifs is 1. The Morgan fingerprint density at radius 2 is 1.68 bits per heavy atom. The lowest BCUT2D eigenvalue weighted by Gasteiger charge is -2.11. The molecule has 200 valence electrons. The Balaban J connectivity index is 1.76. The molecule has 4 aromatic rings. The zero-order chi connectivity index (χ0) is 27.5. The molecule has 0 aliphatic heterocycles. The van der Waals surface area contributed by atoms with E-state index in [9.17, 15) is 21.6 Å². The van der Waals surface area contributed by atoms with Crippen LogP contribution in [-0.2, 0) is 31.1 Å². The maximum Gasteiger partial charge on any atom is 0.281 e. The van der Waals surface area contributed by atoms with Crippen LogP contribution in [0.4, 0.5) is 5.69 Å². The number of amides is 1. The topological polar surface area (TPSA) is 124 Å². The molecule has 0 aliphatic rings. The molecular weight excluding hydrogens is 547 g/mol. The molecule has 12 heteroatoms. The van der Waals surface area contributed by atoms with E-state index >= 15 is 0 Å². The van der Waals surface area contributed by atoms with Crippen molar-refractivity contribution < 1.29 is 26.4 Å². The predicted octanol–water partition coefficient (Wildman–Crippen LogP) is 3.99. The smallest absolute Gasteiger partial charge is 0.281 e. The number of hydrogen-bond donors (Lipinski definition) is 1. The van der Waals surface area contributed by atoms with E-state index in [-0.39, 0.29) is 21.0 Å². The van der Waals surface area contributed by atoms with Crippen molar-refractivity contribution in [3.05, 3.63) is 82.7 Å². The van der Waals surface area contributed by atoms with Crippen LogP contribution in [0, 0.1) is 6.92 Å². The van der Waals surface area contributed by atoms with Gasteiger partial charge in [-0.3, -0.25) is 9.52 Å². The molecule has 0 aliphatic carbocycles. The van der Waals surface area contributed by atoms with Gasteiger partial charge in [-0.25, -0.2) is 16.8 Å². The summed E-state index contributed by atoms with van der Waals surface area (Å²) >= 11 is 1.17. The van der Waals surface area contributed by atoms with Gasteiger partial charge in [0.25, 0.3) is 15.9 Å². The number of para-hydroxylation sites is 1. The number of nitrogens with one attached hydrogen (secondary N) is 1. The fourth-order valence-corrected chi connectivity index (χ4v) is 6.61. The van der Waals surface area contributed by atoms with Crippen molar-refractivity contribution in [1.29, 1.82) is 0 Å². The third-order valence-corrected chi connectivity index (χ3v) is 9.21. The normalized spacial score (nSPS) is 12.7. The maximum absolute atomic E-state index is 13.4. The summed E-state index contributed by atoms with van der Waals surface area (Å²) in [6.07, 6.45) is 1.13. The number of carbonyl (C=O) groups excluding carboxylic acids is 1. The highest BCUT2D eigenvalue weighted by molar-refractivity contribution is 7.92. The number of sulfonamides is 1. The second kappa shape index (κ2) is 11.2. The molecule has 3 aromatic carbocycles. The summed E-state index contributed by atoms with van der Waals surface area (Å²) in [5.74, 6) is -0.646. The lowest BCUT2D eigenvalue weighted by atomic mass is 10.2. The molecule has 4 rings (SSSR count). The van der Waals surface area contributed by atoms with Crippen LogP contribution in [-0.4, -0.2) is 46.8 Å². The first-order valence-corrected chi connectivity index (χ1v) is 15.9. The summed E-state index contributed by atoms with van der Waals surface area (Å²) in [6, 6.07) is 17.4. The van der Waals surface area contributed by atoms with Crippen molar-refractivity contribution in [3.63, 3.8) is 0 Å². The number of carbonyl (C=O) groups is 1. The molecule has 1 N–H and O–H groups in total. The summed E-state index contributed by atoms with van der Waals surface area (Å²) in [5.41, 5.74) is 1.81. The van der Waals surface area contributed by atoms with Gasteiger partial charge in [0.05, 0.1) is 37.9 Å². The fourth-order valence-electron chi connectivity index (χ4n) is 3.71. The monoisotopic (exact) mass is 573 g/mol. The Bertz CT molecular complexity index is 1770. The van der Waals surface area contributed by atoms with Crippen LogP contribution >= 0.6 is 11.3 Å². The van der Waals surface area contributed by atoms with Gasteiger partial charge in [0, 0.05) is 19.4 Å². The summed E-state index contributed by atoms with van der Waals surface area (Å²) < 4.78 is 60.4. The number of thiazole rings is 1. The van der Waals surface area contributed by atoms with Gasteiger partial charge in [-0.1, -0.05) is 41.2 Å². The number of hydrogen-bond acceptors (Lipinski definition) is 7. The third kappa shape index (κ3) is 6.21. The van der Waals surface area contributed by atoms with E-state index in [1.54, 1.807) is 41.0 Å². The van der Waals surface area contributed by atoms with Gasteiger partial charge in [0.1, 0.15) is 0 Å². The predicted molar refractivity (Wildman–Crippen MR) is 148 cm³/mol. The highest BCUT2D eigenvalue weighted by atomic mass is 32.2. The van der Waals surface area contributed by atoms with Crippen LogP contribution in [0.5, 0.6) is 0 Å². The van der Waals surface area contributed by atoms with Crippen molar-refractivity contribution in [2.75, 3.05) is 24.2 Å². The molecule has 0 unspecified atom stereocenters. The van der Waals surface area contributed by atoms with Gasteiger partial charge >= 0.3 is 0 Å². The SMILES string of the molecule is CCOCCn1c(=NC(=O)c2ccccc2NS(=O)(=O)c2ccc(C)cc2)sc2cc(S(C)(=O)=O)ccc21. The Labute approximate surface area is 225 Å². The summed E-state index contributed by atoms with van der Waals surface area (Å²) in [4.78, 5) is 18.2. The lowest BCUT2D eigenvalue weighted by molar-refractivity contribution is 0.0997. The van der Waals surface area contributed by atoms with Crippen molar-refractivity contribution in [2.45, 2.75) is 30.2 Å². The molecule has 1 heterocycles. The van der Waals surface area contributed by atoms with Gasteiger partial charge in [-0.2, -0.15) is 4.99 Å². The van der Waals surface area contributed by atoms with Crippen LogP contribution in [0.25, 0.3) is 10.2 Å². The standard InChI is InChI=1S/C26H27N3O6S3/c1-4-35-16-15-29-23-14-13-20(37(3,31)32)17-24(23)36-26(29)27-25(30)21-7-5-6-8-22(21)28-38(33,34)19-11-9-18(2)10-12-19/h5-14,17,28H,4,15-16H2,1-3H3. The van der Waals surface area contributed by atoms with Gasteiger partial charge in [-0.15, -0.1) is 0 Å². The molecule has 0 saturated carbocycles. The van der Waals surface area contributed by atoms with Crippen molar-refractivity contribution in [1.82, 2.24) is 4.57 Å². The Morgan fingerprint density at radius 1 is 1.00 bits per heavy atom.